The number of carboxylic acids is 1. The number of fused-ring (bicyclic) bond motifs is 1. The number of rotatable bonds is 5. The Kier molecular flexibility index (Phi) is 4.38. The lowest BCUT2D eigenvalue weighted by Gasteiger charge is -2.43. The Balaban J connectivity index is 1.68. The van der Waals surface area contributed by atoms with Crippen LogP contribution in [0.5, 0.6) is 0 Å². The van der Waals surface area contributed by atoms with Crippen molar-refractivity contribution in [3.05, 3.63) is 29.8 Å². The Bertz CT molecular complexity index is 739. The number of para-hydroxylation sites is 1. The first kappa shape index (κ1) is 17.6. The van der Waals surface area contributed by atoms with Crippen molar-refractivity contribution in [1.29, 1.82) is 0 Å². The second-order valence-electron chi connectivity index (χ2n) is 6.62. The van der Waals surface area contributed by atoms with E-state index >= 15 is 0 Å². The molecule has 134 valence electrons. The number of aliphatic carboxylic acids is 1. The van der Waals surface area contributed by atoms with E-state index < -0.39 is 22.8 Å². The number of carbonyl (C=O) groups excluding carboxylic acids is 2. The maximum atomic E-state index is 12.4. The summed E-state index contributed by atoms with van der Waals surface area (Å²) in [7, 11) is 0. The highest BCUT2D eigenvalue weighted by molar-refractivity contribution is 8.01. The Morgan fingerprint density at radius 3 is 2.68 bits per heavy atom. The molecule has 8 nitrogen and oxygen atoms in total. The van der Waals surface area contributed by atoms with Crippen LogP contribution in [-0.2, 0) is 20.8 Å². The third kappa shape index (κ3) is 2.93. The van der Waals surface area contributed by atoms with E-state index in [0.717, 1.165) is 0 Å². The van der Waals surface area contributed by atoms with Gasteiger partial charge in [0.2, 0.25) is 11.8 Å². The first-order valence-corrected chi connectivity index (χ1v) is 8.71. The zero-order valence-electron chi connectivity index (χ0n) is 13.9. The lowest BCUT2D eigenvalue weighted by atomic mass is 9.96. The van der Waals surface area contributed by atoms with Crippen LogP contribution < -0.4 is 16.6 Å². The van der Waals surface area contributed by atoms with E-state index in [1.165, 1.54) is 16.7 Å². The molecule has 2 amide bonds. The zero-order chi connectivity index (χ0) is 18.4. The van der Waals surface area contributed by atoms with Crippen molar-refractivity contribution in [3.8, 4) is 0 Å². The van der Waals surface area contributed by atoms with Crippen LogP contribution in [0.25, 0.3) is 0 Å². The molecule has 0 aliphatic carbocycles. The summed E-state index contributed by atoms with van der Waals surface area (Å²) < 4.78 is -0.609. The van der Waals surface area contributed by atoms with Crippen LogP contribution in [0.1, 0.15) is 19.4 Å². The van der Waals surface area contributed by atoms with Gasteiger partial charge < -0.3 is 20.7 Å². The molecular formula is C16H20N4O4S. The molecule has 0 radical (unpaired) electrons. The predicted molar refractivity (Wildman–Crippen MR) is 93.6 cm³/mol. The quantitative estimate of drug-likeness (QED) is 0.333. The number of β-lactam (4-membered cyclic amide) rings is 1. The number of amides is 2. The molecule has 2 saturated heterocycles. The van der Waals surface area contributed by atoms with Gasteiger partial charge in [-0.1, -0.05) is 18.2 Å². The number of benzene rings is 1. The third-order valence-corrected chi connectivity index (χ3v) is 6.09. The Morgan fingerprint density at radius 2 is 2.04 bits per heavy atom. The number of nitrogen functional groups attached to an aromatic ring is 1. The summed E-state index contributed by atoms with van der Waals surface area (Å²) in [5, 5.41) is 11.8. The third-order valence-electron chi connectivity index (χ3n) is 4.52. The topological polar surface area (TPSA) is 125 Å². The molecule has 2 aliphatic rings. The van der Waals surface area contributed by atoms with Gasteiger partial charge in [-0.05, 0) is 25.5 Å². The maximum Gasteiger partial charge on any atom is 0.327 e. The molecule has 0 aromatic heterocycles. The van der Waals surface area contributed by atoms with Crippen LogP contribution in [-0.4, -0.2) is 50.0 Å². The molecule has 1 aromatic carbocycles. The first-order valence-electron chi connectivity index (χ1n) is 7.83. The fourth-order valence-corrected chi connectivity index (χ4v) is 4.98. The van der Waals surface area contributed by atoms with Gasteiger partial charge in [-0.25, -0.2) is 4.79 Å². The minimum absolute atomic E-state index is 0.0767. The van der Waals surface area contributed by atoms with Crippen molar-refractivity contribution in [3.63, 3.8) is 0 Å². The number of carboxylic acid groups (broad SMARTS) is 1. The number of nitrogens with two attached hydrogens (primary N) is 1. The fraction of sp³-hybridized carbons (Fsp3) is 0.438. The molecule has 2 fully saturated rings. The number of hydrogen-bond donors (Lipinski definition) is 4. The predicted octanol–water partition coefficient (Wildman–Crippen LogP) is 0.146. The molecule has 1 aromatic rings. The summed E-state index contributed by atoms with van der Waals surface area (Å²) in [6.45, 7) is 3.59. The van der Waals surface area contributed by atoms with Gasteiger partial charge in [-0.15, -0.1) is 11.8 Å². The van der Waals surface area contributed by atoms with E-state index in [9.17, 15) is 19.5 Å². The Morgan fingerprint density at radius 1 is 1.36 bits per heavy atom. The lowest BCUT2D eigenvalue weighted by molar-refractivity contribution is -0.161. The van der Waals surface area contributed by atoms with Crippen LogP contribution in [0.4, 0.5) is 5.69 Å². The SMILES string of the molecule is CC1(C)S[C@@H]2[C@H](NC(=O)Cc3ccccc3NN)C(=O)N2[C@H]1C(=O)O. The first-order chi connectivity index (χ1) is 11.8. The average molecular weight is 364 g/mol. The van der Waals surface area contributed by atoms with Crippen molar-refractivity contribution < 1.29 is 19.5 Å². The number of thioether (sulfide) groups is 1. The van der Waals surface area contributed by atoms with Gasteiger partial charge in [-0.2, -0.15) is 0 Å². The van der Waals surface area contributed by atoms with Gasteiger partial charge in [0.25, 0.3) is 0 Å². The van der Waals surface area contributed by atoms with Crippen LogP contribution in [0.2, 0.25) is 0 Å². The van der Waals surface area contributed by atoms with Gasteiger partial charge in [-0.3, -0.25) is 15.4 Å². The smallest absolute Gasteiger partial charge is 0.327 e. The molecule has 9 heteroatoms. The summed E-state index contributed by atoms with van der Waals surface area (Å²) in [6.07, 6.45) is 0.0767. The van der Waals surface area contributed by atoms with E-state index in [1.54, 1.807) is 38.1 Å². The zero-order valence-corrected chi connectivity index (χ0v) is 14.7. The van der Waals surface area contributed by atoms with E-state index in [2.05, 4.69) is 10.7 Å². The van der Waals surface area contributed by atoms with Gasteiger partial charge in [0.15, 0.2) is 0 Å². The second-order valence-corrected chi connectivity index (χ2v) is 8.39. The molecule has 0 bridgehead atoms. The molecule has 0 spiro atoms. The second kappa shape index (κ2) is 6.23. The van der Waals surface area contributed by atoms with Crippen LogP contribution in [0.3, 0.4) is 0 Å². The monoisotopic (exact) mass is 364 g/mol. The minimum atomic E-state index is -1.03. The van der Waals surface area contributed by atoms with Gasteiger partial charge >= 0.3 is 5.97 Å². The number of nitrogens with one attached hydrogen (secondary N) is 2. The molecule has 25 heavy (non-hydrogen) atoms. The fourth-order valence-electron chi connectivity index (χ4n) is 3.36. The van der Waals surface area contributed by atoms with Crippen molar-refractivity contribution in [2.24, 2.45) is 5.84 Å². The normalized spacial score (nSPS) is 26.6. The van der Waals surface area contributed by atoms with E-state index in [4.69, 9.17) is 5.84 Å². The van der Waals surface area contributed by atoms with Crippen LogP contribution in [0, 0.1) is 0 Å². The van der Waals surface area contributed by atoms with Crippen molar-refractivity contribution in [2.45, 2.75) is 42.5 Å². The number of carbonyl (C=O) groups is 3. The average Bonchev–Trinajstić information content (AvgIpc) is 2.81. The van der Waals surface area contributed by atoms with Crippen LogP contribution >= 0.6 is 11.8 Å². The Labute approximate surface area is 149 Å². The standard InChI is InChI=1S/C16H20N4O4S/c1-16(2)12(15(23)24)20-13(22)11(14(20)25-16)18-10(21)7-8-5-3-4-6-9(8)19-17/h3-6,11-12,14,19H,7,17H2,1-2H3,(H,18,21)(H,23,24)/t11-,12+,14-/m1/s1. The lowest BCUT2D eigenvalue weighted by Crippen LogP contribution is -2.70. The van der Waals surface area contributed by atoms with Gasteiger partial charge in [0.05, 0.1) is 12.1 Å². The van der Waals surface area contributed by atoms with Gasteiger partial charge in [0.1, 0.15) is 17.5 Å². The number of hydrogen-bond acceptors (Lipinski definition) is 6. The van der Waals surface area contributed by atoms with Crippen molar-refractivity contribution >= 4 is 35.2 Å². The maximum absolute atomic E-state index is 12.4. The van der Waals surface area contributed by atoms with E-state index in [-0.39, 0.29) is 23.6 Å². The van der Waals surface area contributed by atoms with Gasteiger partial charge in [0, 0.05) is 4.75 Å². The summed E-state index contributed by atoms with van der Waals surface area (Å²) in [5.41, 5.74) is 3.89. The molecule has 2 heterocycles. The number of hydrazine groups is 1. The molecule has 0 saturated carbocycles. The summed E-state index contributed by atoms with van der Waals surface area (Å²) in [6, 6.07) is 5.55. The number of nitrogens with zero attached hydrogens (tertiary/aromatic N) is 1. The summed E-state index contributed by atoms with van der Waals surface area (Å²) in [5.74, 6) is 3.74. The molecule has 5 N–H and O–H groups in total. The summed E-state index contributed by atoms with van der Waals surface area (Å²) in [4.78, 5) is 37.5. The molecule has 3 rings (SSSR count). The summed E-state index contributed by atoms with van der Waals surface area (Å²) >= 11 is 1.40. The van der Waals surface area contributed by atoms with E-state index in [0.29, 0.717) is 11.3 Å². The van der Waals surface area contributed by atoms with Crippen molar-refractivity contribution in [2.75, 3.05) is 5.43 Å². The molecule has 2 aliphatic heterocycles. The van der Waals surface area contributed by atoms with Crippen molar-refractivity contribution in [1.82, 2.24) is 10.2 Å². The largest absolute Gasteiger partial charge is 0.480 e. The molecule has 3 atom stereocenters. The minimum Gasteiger partial charge on any atom is -0.480 e. The highest BCUT2D eigenvalue weighted by atomic mass is 32.2. The van der Waals surface area contributed by atoms with E-state index in [1.807, 2.05) is 0 Å². The highest BCUT2D eigenvalue weighted by Crippen LogP contribution is 2.50. The highest BCUT2D eigenvalue weighted by Gasteiger charge is 2.64. The molecule has 0 unspecified atom stereocenters. The molecular weight excluding hydrogens is 344 g/mol. The number of anilines is 1. The Hall–Kier alpha value is -2.26. The van der Waals surface area contributed by atoms with Crippen LogP contribution in [0.15, 0.2) is 24.3 Å².